The number of benzene rings is 1. The third kappa shape index (κ3) is 2.18. The van der Waals surface area contributed by atoms with Crippen molar-refractivity contribution in [2.45, 2.75) is 19.0 Å². The van der Waals surface area contributed by atoms with Crippen LogP contribution in [0.4, 0.5) is 0 Å². The summed E-state index contributed by atoms with van der Waals surface area (Å²) in [5.41, 5.74) is 9.54. The minimum Gasteiger partial charge on any atom is -0.368 e. The number of amides is 2. The van der Waals surface area contributed by atoms with Crippen LogP contribution in [0.25, 0.3) is 0 Å². The number of fused-ring (bicyclic) bond motifs is 1. The molecule has 0 bridgehead atoms. The zero-order valence-electron chi connectivity index (χ0n) is 10.7. The quantitative estimate of drug-likeness (QED) is 0.901. The molecule has 3 rings (SSSR count). The monoisotopic (exact) mass is 287 g/mol. The summed E-state index contributed by atoms with van der Waals surface area (Å²) in [4.78, 5) is 29.6. The number of carbonyl (C=O) groups excluding carboxylic acids is 2. The molecule has 0 aliphatic carbocycles. The van der Waals surface area contributed by atoms with Crippen molar-refractivity contribution in [3.05, 3.63) is 52.0 Å². The number of carbonyl (C=O) groups is 2. The lowest BCUT2D eigenvalue weighted by Gasteiger charge is -2.34. The number of nitrogens with zero attached hydrogens (tertiary/aromatic N) is 2. The highest BCUT2D eigenvalue weighted by Crippen LogP contribution is 2.24. The van der Waals surface area contributed by atoms with Crippen LogP contribution in [-0.2, 0) is 17.8 Å². The molecule has 1 aromatic carbocycles. The number of thiazole rings is 1. The highest BCUT2D eigenvalue weighted by Gasteiger charge is 2.34. The largest absolute Gasteiger partial charge is 0.368 e. The standard InChI is InChI=1S/C14H13N3O2S/c15-13(18)12-5-9-3-1-2-4-10(9)6-17(12)14(19)11-7-20-8-16-11/h1-4,7-8,12H,5-6H2,(H2,15,18)/t12-/m0/s1. The fourth-order valence-electron chi connectivity index (χ4n) is 2.46. The Balaban J connectivity index is 1.96. The summed E-state index contributed by atoms with van der Waals surface area (Å²) in [7, 11) is 0. The molecule has 1 aromatic heterocycles. The average Bonchev–Trinajstić information content (AvgIpc) is 2.99. The van der Waals surface area contributed by atoms with Gasteiger partial charge in [0.25, 0.3) is 5.91 Å². The van der Waals surface area contributed by atoms with Crippen molar-refractivity contribution in [1.29, 1.82) is 0 Å². The number of nitrogens with two attached hydrogens (primary N) is 1. The van der Waals surface area contributed by atoms with Crippen LogP contribution in [0.5, 0.6) is 0 Å². The van der Waals surface area contributed by atoms with Crippen molar-refractivity contribution in [1.82, 2.24) is 9.88 Å². The van der Waals surface area contributed by atoms with Crippen molar-refractivity contribution >= 4 is 23.2 Å². The molecule has 0 radical (unpaired) electrons. The van der Waals surface area contributed by atoms with E-state index in [1.54, 1.807) is 10.9 Å². The molecule has 20 heavy (non-hydrogen) atoms. The molecule has 1 aliphatic rings. The molecular weight excluding hydrogens is 274 g/mol. The molecule has 0 fully saturated rings. The van der Waals surface area contributed by atoms with Crippen LogP contribution in [0.1, 0.15) is 21.6 Å². The van der Waals surface area contributed by atoms with Crippen molar-refractivity contribution < 1.29 is 9.59 Å². The van der Waals surface area contributed by atoms with Crippen LogP contribution >= 0.6 is 11.3 Å². The number of hydrogen-bond acceptors (Lipinski definition) is 4. The summed E-state index contributed by atoms with van der Waals surface area (Å²) in [6, 6.07) is 7.17. The smallest absolute Gasteiger partial charge is 0.274 e. The maximum absolute atomic E-state index is 12.4. The lowest BCUT2D eigenvalue weighted by atomic mass is 9.93. The van der Waals surface area contributed by atoms with E-state index < -0.39 is 11.9 Å². The minimum atomic E-state index is -0.612. The van der Waals surface area contributed by atoms with Gasteiger partial charge in [-0.25, -0.2) is 4.98 Å². The molecule has 2 aromatic rings. The molecule has 0 unspecified atom stereocenters. The van der Waals surface area contributed by atoms with Gasteiger partial charge in [0.05, 0.1) is 5.51 Å². The number of rotatable bonds is 2. The van der Waals surface area contributed by atoms with Crippen LogP contribution in [0.3, 0.4) is 0 Å². The van der Waals surface area contributed by atoms with Gasteiger partial charge in [-0.05, 0) is 11.1 Å². The van der Waals surface area contributed by atoms with E-state index in [0.717, 1.165) is 11.1 Å². The normalized spacial score (nSPS) is 17.6. The molecule has 5 nitrogen and oxygen atoms in total. The van der Waals surface area contributed by atoms with Crippen molar-refractivity contribution in [3.63, 3.8) is 0 Å². The molecule has 0 spiro atoms. The predicted octanol–water partition coefficient (Wildman–Crippen LogP) is 1.20. The van der Waals surface area contributed by atoms with Crippen LogP contribution in [-0.4, -0.2) is 27.7 Å². The zero-order valence-corrected chi connectivity index (χ0v) is 11.5. The molecule has 0 saturated heterocycles. The Morgan fingerprint density at radius 2 is 2.05 bits per heavy atom. The Morgan fingerprint density at radius 3 is 2.70 bits per heavy atom. The minimum absolute atomic E-state index is 0.246. The maximum Gasteiger partial charge on any atom is 0.274 e. The van der Waals surface area contributed by atoms with Gasteiger partial charge in [0.15, 0.2) is 0 Å². The maximum atomic E-state index is 12.4. The summed E-state index contributed by atoms with van der Waals surface area (Å²) >= 11 is 1.35. The third-order valence-corrected chi connectivity index (χ3v) is 4.08. The molecule has 2 amide bonds. The fraction of sp³-hybridized carbons (Fsp3) is 0.214. The summed E-state index contributed by atoms with van der Waals surface area (Å²) < 4.78 is 0. The van der Waals surface area contributed by atoms with Crippen LogP contribution in [0.2, 0.25) is 0 Å². The van der Waals surface area contributed by atoms with Crippen LogP contribution < -0.4 is 5.73 Å². The molecule has 2 N–H and O–H groups in total. The molecule has 6 heteroatoms. The molecule has 102 valence electrons. The summed E-state index contributed by atoms with van der Waals surface area (Å²) in [5.74, 6) is -0.729. The van der Waals surface area contributed by atoms with Gasteiger partial charge in [-0.2, -0.15) is 0 Å². The Labute approximate surface area is 120 Å². The number of hydrogen-bond donors (Lipinski definition) is 1. The lowest BCUT2D eigenvalue weighted by Crippen LogP contribution is -2.51. The molecular formula is C14H13N3O2S. The van der Waals surface area contributed by atoms with Gasteiger partial charge in [-0.15, -0.1) is 11.3 Å². The Hall–Kier alpha value is -2.21. The summed E-state index contributed by atoms with van der Waals surface area (Å²) in [5, 5.41) is 1.68. The highest BCUT2D eigenvalue weighted by atomic mass is 32.1. The molecule has 1 atom stereocenters. The Morgan fingerprint density at radius 1 is 1.30 bits per heavy atom. The number of primary amides is 1. The SMILES string of the molecule is NC(=O)[C@@H]1Cc2ccccc2CN1C(=O)c1cscn1. The second-order valence-electron chi connectivity index (χ2n) is 4.70. The topological polar surface area (TPSA) is 76.3 Å². The average molecular weight is 287 g/mol. The molecule has 0 saturated carbocycles. The van der Waals surface area contributed by atoms with Gasteiger partial charge in [0, 0.05) is 18.3 Å². The van der Waals surface area contributed by atoms with Gasteiger partial charge in [-0.1, -0.05) is 24.3 Å². The van der Waals surface area contributed by atoms with E-state index in [9.17, 15) is 9.59 Å². The van der Waals surface area contributed by atoms with Crippen LogP contribution in [0.15, 0.2) is 35.2 Å². The van der Waals surface area contributed by atoms with Crippen molar-refractivity contribution in [3.8, 4) is 0 Å². The van der Waals surface area contributed by atoms with Crippen molar-refractivity contribution in [2.24, 2.45) is 5.73 Å². The second kappa shape index (κ2) is 5.05. The van der Waals surface area contributed by atoms with Gasteiger partial charge >= 0.3 is 0 Å². The van der Waals surface area contributed by atoms with Gasteiger partial charge in [0.2, 0.25) is 5.91 Å². The summed E-state index contributed by atoms with van der Waals surface area (Å²) in [6.07, 6.45) is 0.460. The van der Waals surface area contributed by atoms with E-state index in [0.29, 0.717) is 18.7 Å². The lowest BCUT2D eigenvalue weighted by molar-refractivity contribution is -0.122. The van der Waals surface area contributed by atoms with E-state index in [-0.39, 0.29) is 5.91 Å². The van der Waals surface area contributed by atoms with Crippen molar-refractivity contribution in [2.75, 3.05) is 0 Å². The highest BCUT2D eigenvalue weighted by molar-refractivity contribution is 7.07. The first-order valence-electron chi connectivity index (χ1n) is 6.22. The van der Waals surface area contributed by atoms with E-state index >= 15 is 0 Å². The van der Waals surface area contributed by atoms with E-state index in [4.69, 9.17) is 5.73 Å². The second-order valence-corrected chi connectivity index (χ2v) is 5.42. The third-order valence-electron chi connectivity index (χ3n) is 3.49. The molecule has 2 heterocycles. The van der Waals surface area contributed by atoms with Gasteiger partial charge in [-0.3, -0.25) is 9.59 Å². The van der Waals surface area contributed by atoms with E-state index in [1.807, 2.05) is 24.3 Å². The fourth-order valence-corrected chi connectivity index (χ4v) is 2.98. The first-order valence-corrected chi connectivity index (χ1v) is 7.16. The number of aromatic nitrogens is 1. The van der Waals surface area contributed by atoms with Gasteiger partial charge in [0.1, 0.15) is 11.7 Å². The van der Waals surface area contributed by atoms with E-state index in [2.05, 4.69) is 4.98 Å². The summed E-state index contributed by atoms with van der Waals surface area (Å²) in [6.45, 7) is 0.389. The Kier molecular flexibility index (Phi) is 3.23. The van der Waals surface area contributed by atoms with E-state index in [1.165, 1.54) is 16.2 Å². The van der Waals surface area contributed by atoms with Gasteiger partial charge < -0.3 is 10.6 Å². The first-order chi connectivity index (χ1) is 9.66. The molecule has 1 aliphatic heterocycles. The zero-order chi connectivity index (χ0) is 14.1. The first kappa shape index (κ1) is 12.8. The van der Waals surface area contributed by atoms with Crippen LogP contribution in [0, 0.1) is 0 Å². The predicted molar refractivity (Wildman–Crippen MR) is 75.1 cm³/mol. The Bertz CT molecular complexity index is 654.